The summed E-state index contributed by atoms with van der Waals surface area (Å²) in [5.41, 5.74) is -3.50. The van der Waals surface area contributed by atoms with E-state index in [-0.39, 0.29) is 5.69 Å². The van der Waals surface area contributed by atoms with Crippen molar-refractivity contribution < 1.29 is 20.1 Å². The predicted octanol–water partition coefficient (Wildman–Crippen LogP) is -1.59. The summed E-state index contributed by atoms with van der Waals surface area (Å²) in [5, 5.41) is 32.4. The van der Waals surface area contributed by atoms with Crippen LogP contribution in [0.5, 0.6) is 0 Å². The predicted molar refractivity (Wildman–Crippen MR) is 76.2 cm³/mol. The number of aliphatic hydroxyl groups excluding tert-OH is 2. The maximum absolute atomic E-state index is 12.0. The van der Waals surface area contributed by atoms with Gasteiger partial charge in [-0.15, -0.1) is 0 Å². The number of aryl methyl sites for hydroxylation is 1. The van der Waals surface area contributed by atoms with E-state index in [4.69, 9.17) is 16.3 Å². The van der Waals surface area contributed by atoms with Gasteiger partial charge in [0.05, 0.1) is 6.10 Å². The van der Waals surface area contributed by atoms with Crippen molar-refractivity contribution in [2.24, 2.45) is 0 Å². The van der Waals surface area contributed by atoms with Crippen LogP contribution in [0.3, 0.4) is 0 Å². The van der Waals surface area contributed by atoms with Gasteiger partial charge in [-0.25, -0.2) is 4.79 Å². The Balaban J connectivity index is 2.64. The molecule has 4 N–H and O–H groups in total. The van der Waals surface area contributed by atoms with Crippen LogP contribution in [0.2, 0.25) is 0 Å². The largest absolute Gasteiger partial charge is 0.391 e. The first kappa shape index (κ1) is 16.7. The monoisotopic (exact) mass is 330 g/mol. The van der Waals surface area contributed by atoms with Gasteiger partial charge < -0.3 is 20.1 Å². The molecule has 1 unspecified atom stereocenters. The summed E-state index contributed by atoms with van der Waals surface area (Å²) in [5.74, 6) is 2.21. The third kappa shape index (κ3) is 2.58. The SMILES string of the molecule is Cc1cc(=O)[nH]c(=O)n1[C@@H]1O[C@H]([C@@H](C)O)C(O)[C@]1(O)C#CCl. The highest BCUT2D eigenvalue weighted by Gasteiger charge is 2.57. The van der Waals surface area contributed by atoms with Crippen LogP contribution in [0.25, 0.3) is 0 Å². The number of H-pyrrole nitrogens is 1. The Kier molecular flexibility index (Phi) is 4.47. The van der Waals surface area contributed by atoms with Crippen LogP contribution in [0.1, 0.15) is 18.8 Å². The number of aromatic amines is 1. The van der Waals surface area contributed by atoms with Gasteiger partial charge in [0.25, 0.3) is 5.56 Å². The molecule has 1 aliphatic rings. The third-order valence-corrected chi connectivity index (χ3v) is 3.65. The van der Waals surface area contributed by atoms with Crippen molar-refractivity contribution in [3.8, 4) is 11.3 Å². The highest BCUT2D eigenvalue weighted by molar-refractivity contribution is 6.30. The van der Waals surface area contributed by atoms with Crippen molar-refractivity contribution in [3.05, 3.63) is 32.6 Å². The van der Waals surface area contributed by atoms with Crippen molar-refractivity contribution in [3.63, 3.8) is 0 Å². The average Bonchev–Trinajstić information content (AvgIpc) is 2.63. The molecule has 0 bridgehead atoms. The zero-order valence-electron chi connectivity index (χ0n) is 11.8. The topological polar surface area (TPSA) is 125 Å². The fraction of sp³-hybridized carbons (Fsp3) is 0.538. The highest BCUT2D eigenvalue weighted by atomic mass is 35.5. The van der Waals surface area contributed by atoms with Crippen LogP contribution in [0, 0.1) is 18.2 Å². The molecule has 0 aromatic carbocycles. The lowest BCUT2D eigenvalue weighted by atomic mass is 9.93. The second-order valence-corrected chi connectivity index (χ2v) is 5.32. The molecule has 2 rings (SSSR count). The summed E-state index contributed by atoms with van der Waals surface area (Å²) in [7, 11) is 0. The second-order valence-electron chi connectivity index (χ2n) is 5.13. The molecule has 1 fully saturated rings. The number of hydrogen-bond acceptors (Lipinski definition) is 6. The van der Waals surface area contributed by atoms with E-state index in [2.05, 4.69) is 5.92 Å². The number of rotatable bonds is 2. The molecule has 0 amide bonds. The molecule has 1 saturated heterocycles. The zero-order chi connectivity index (χ0) is 16.7. The van der Waals surface area contributed by atoms with Crippen molar-refractivity contribution in [2.45, 2.75) is 44.0 Å². The summed E-state index contributed by atoms with van der Waals surface area (Å²) < 4.78 is 6.36. The highest BCUT2D eigenvalue weighted by Crippen LogP contribution is 2.39. The van der Waals surface area contributed by atoms with Gasteiger partial charge in [-0.2, -0.15) is 0 Å². The fourth-order valence-corrected chi connectivity index (χ4v) is 2.63. The minimum Gasteiger partial charge on any atom is -0.391 e. The van der Waals surface area contributed by atoms with Gasteiger partial charge in [0, 0.05) is 17.1 Å². The molecule has 1 aromatic heterocycles. The quantitative estimate of drug-likeness (QED) is 0.485. The smallest absolute Gasteiger partial charge is 0.330 e. The number of aliphatic hydroxyl groups is 3. The Hall–Kier alpha value is -1.63. The van der Waals surface area contributed by atoms with Gasteiger partial charge in [0.15, 0.2) is 6.23 Å². The van der Waals surface area contributed by atoms with Gasteiger partial charge in [-0.05, 0) is 31.4 Å². The number of halogens is 1. The van der Waals surface area contributed by atoms with E-state index in [1.807, 2.05) is 10.4 Å². The van der Waals surface area contributed by atoms with E-state index in [0.717, 1.165) is 10.6 Å². The second kappa shape index (κ2) is 5.87. The Morgan fingerprint density at radius 1 is 1.55 bits per heavy atom. The fourth-order valence-electron chi connectivity index (χ4n) is 2.48. The van der Waals surface area contributed by atoms with E-state index in [9.17, 15) is 24.9 Å². The molecule has 0 aliphatic carbocycles. The van der Waals surface area contributed by atoms with Crippen molar-refractivity contribution in [2.75, 3.05) is 0 Å². The summed E-state index contributed by atoms with van der Waals surface area (Å²) in [4.78, 5) is 25.3. The van der Waals surface area contributed by atoms with Gasteiger partial charge in [-0.3, -0.25) is 14.3 Å². The van der Waals surface area contributed by atoms with E-state index < -0.39 is 41.4 Å². The Labute approximate surface area is 129 Å². The molecule has 0 radical (unpaired) electrons. The van der Waals surface area contributed by atoms with Gasteiger partial charge in [-0.1, -0.05) is 0 Å². The summed E-state index contributed by atoms with van der Waals surface area (Å²) in [6, 6.07) is 1.13. The van der Waals surface area contributed by atoms with Crippen LogP contribution in [-0.2, 0) is 4.74 Å². The van der Waals surface area contributed by atoms with E-state index in [1.165, 1.54) is 13.8 Å². The first-order valence-electron chi connectivity index (χ1n) is 6.41. The molecule has 2 heterocycles. The lowest BCUT2D eigenvalue weighted by Gasteiger charge is -2.27. The van der Waals surface area contributed by atoms with Crippen LogP contribution >= 0.6 is 11.6 Å². The minimum atomic E-state index is -2.23. The van der Waals surface area contributed by atoms with E-state index >= 15 is 0 Å². The number of nitrogens with one attached hydrogen (secondary N) is 1. The Morgan fingerprint density at radius 2 is 2.18 bits per heavy atom. The molecule has 5 atom stereocenters. The lowest BCUT2D eigenvalue weighted by molar-refractivity contribution is -0.0892. The first-order chi connectivity index (χ1) is 10.2. The normalized spacial score (nSPS) is 32.4. The van der Waals surface area contributed by atoms with Crippen LogP contribution in [0.15, 0.2) is 15.7 Å². The Bertz CT molecular complexity index is 745. The summed E-state index contributed by atoms with van der Waals surface area (Å²) in [6.07, 6.45) is -5.38. The van der Waals surface area contributed by atoms with Gasteiger partial charge >= 0.3 is 5.69 Å². The van der Waals surface area contributed by atoms with Crippen LogP contribution in [0.4, 0.5) is 0 Å². The minimum absolute atomic E-state index is 0.187. The average molecular weight is 331 g/mol. The van der Waals surface area contributed by atoms with Crippen molar-refractivity contribution >= 4 is 11.6 Å². The maximum Gasteiger partial charge on any atom is 0.330 e. The summed E-state index contributed by atoms with van der Waals surface area (Å²) >= 11 is 5.33. The molecule has 0 saturated carbocycles. The molecule has 0 spiro atoms. The van der Waals surface area contributed by atoms with Crippen LogP contribution < -0.4 is 11.2 Å². The number of ether oxygens (including phenoxy) is 1. The van der Waals surface area contributed by atoms with Crippen molar-refractivity contribution in [1.82, 2.24) is 9.55 Å². The van der Waals surface area contributed by atoms with Crippen molar-refractivity contribution in [1.29, 1.82) is 0 Å². The molecule has 22 heavy (non-hydrogen) atoms. The van der Waals surface area contributed by atoms with Gasteiger partial charge in [0.2, 0.25) is 5.60 Å². The van der Waals surface area contributed by atoms with Gasteiger partial charge in [0.1, 0.15) is 12.2 Å². The molecular weight excluding hydrogens is 316 g/mol. The zero-order valence-corrected chi connectivity index (χ0v) is 12.5. The molecular formula is C13H15ClN2O6. The van der Waals surface area contributed by atoms with Crippen LogP contribution in [-0.4, -0.2) is 48.8 Å². The third-order valence-electron chi connectivity index (χ3n) is 3.55. The molecule has 9 heteroatoms. The molecule has 1 aromatic rings. The lowest BCUT2D eigenvalue weighted by Crippen LogP contribution is -2.49. The number of aromatic nitrogens is 2. The van der Waals surface area contributed by atoms with E-state index in [0.29, 0.717) is 0 Å². The number of nitrogens with zero attached hydrogens (tertiary/aromatic N) is 1. The van der Waals surface area contributed by atoms with E-state index in [1.54, 1.807) is 0 Å². The molecule has 120 valence electrons. The molecule has 8 nitrogen and oxygen atoms in total. The standard InChI is InChI=1S/C13H15ClN2O6/c1-6-5-8(18)15-12(20)16(6)11-13(21,3-4-14)10(19)9(22-11)7(2)17/h5,7,9-11,17,19,21H,1-2H3,(H,15,18,20)/t7-,9-,10?,11-,13-/m1/s1. The number of hydrogen-bond donors (Lipinski definition) is 4. The maximum atomic E-state index is 12.0. The summed E-state index contributed by atoms with van der Waals surface area (Å²) in [6.45, 7) is 2.81. The Morgan fingerprint density at radius 3 is 2.68 bits per heavy atom. The molecule has 1 aliphatic heterocycles. The first-order valence-corrected chi connectivity index (χ1v) is 6.79.